The van der Waals surface area contributed by atoms with Gasteiger partial charge in [-0.3, -0.25) is 23.7 Å². The lowest BCUT2D eigenvalue weighted by molar-refractivity contribution is -0.155. The number of aromatic nitrogens is 2. The Morgan fingerprint density at radius 3 is 2.52 bits per heavy atom. The van der Waals surface area contributed by atoms with Crippen LogP contribution < -0.4 is 11.2 Å². The standard InChI is InChI=1S/C21H22N2O8/c1-12-5-4-6-15(9-12)20(27)23-18(26)7-8-22(21(23)28)19-10-16(30-14(3)25)17(31-19)11-29-13(2)24/h4-9,16-17,19H,10-11H2,1-3H3/t16-,17+,19+/m0/s1. The maximum Gasteiger partial charge on any atom is 0.340 e. The summed E-state index contributed by atoms with van der Waals surface area (Å²) < 4.78 is 17.6. The van der Waals surface area contributed by atoms with E-state index in [9.17, 15) is 24.0 Å². The maximum atomic E-state index is 13.0. The molecule has 2 heterocycles. The van der Waals surface area contributed by atoms with E-state index in [1.165, 1.54) is 26.1 Å². The number of aryl methyl sites for hydroxylation is 1. The van der Waals surface area contributed by atoms with Gasteiger partial charge in [-0.15, -0.1) is 0 Å². The molecule has 0 spiro atoms. The number of hydrogen-bond donors (Lipinski definition) is 0. The molecule has 0 aliphatic carbocycles. The fraction of sp³-hybridized carbons (Fsp3) is 0.381. The van der Waals surface area contributed by atoms with Crippen LogP contribution in [-0.2, 0) is 23.8 Å². The summed E-state index contributed by atoms with van der Waals surface area (Å²) in [6.07, 6.45) is -1.23. The molecule has 1 aliphatic heterocycles. The Hall–Kier alpha value is -3.53. The Balaban J connectivity index is 1.94. The van der Waals surface area contributed by atoms with Crippen molar-refractivity contribution >= 4 is 17.8 Å². The Kier molecular flexibility index (Phi) is 6.50. The molecular formula is C21H22N2O8. The number of carbonyl (C=O) groups excluding carboxylic acids is 3. The first-order valence-electron chi connectivity index (χ1n) is 9.59. The van der Waals surface area contributed by atoms with E-state index >= 15 is 0 Å². The van der Waals surface area contributed by atoms with Gasteiger partial charge in [0.1, 0.15) is 25.0 Å². The Morgan fingerprint density at radius 1 is 1.13 bits per heavy atom. The summed E-state index contributed by atoms with van der Waals surface area (Å²) in [7, 11) is 0. The van der Waals surface area contributed by atoms with Gasteiger partial charge in [0.25, 0.3) is 11.5 Å². The Morgan fingerprint density at radius 2 is 1.87 bits per heavy atom. The van der Waals surface area contributed by atoms with Gasteiger partial charge in [0, 0.05) is 38.1 Å². The molecule has 0 N–H and O–H groups in total. The van der Waals surface area contributed by atoms with E-state index in [1.807, 2.05) is 0 Å². The van der Waals surface area contributed by atoms with Crippen LogP contribution in [0.25, 0.3) is 0 Å². The molecule has 10 heteroatoms. The van der Waals surface area contributed by atoms with Crippen LogP contribution in [0.1, 0.15) is 42.4 Å². The molecule has 0 amide bonds. The summed E-state index contributed by atoms with van der Waals surface area (Å²) in [4.78, 5) is 60.7. The van der Waals surface area contributed by atoms with Gasteiger partial charge >= 0.3 is 17.6 Å². The number of benzene rings is 1. The van der Waals surface area contributed by atoms with Crippen LogP contribution in [0.3, 0.4) is 0 Å². The highest BCUT2D eigenvalue weighted by atomic mass is 16.6. The predicted molar refractivity (Wildman–Crippen MR) is 107 cm³/mol. The van der Waals surface area contributed by atoms with E-state index in [-0.39, 0.29) is 18.6 Å². The normalized spacial score (nSPS) is 20.3. The van der Waals surface area contributed by atoms with Gasteiger partial charge in [-0.2, -0.15) is 4.57 Å². The number of nitrogens with zero attached hydrogens (tertiary/aromatic N) is 2. The van der Waals surface area contributed by atoms with Crippen molar-refractivity contribution in [2.24, 2.45) is 0 Å². The van der Waals surface area contributed by atoms with Crippen LogP contribution in [0.2, 0.25) is 0 Å². The third kappa shape index (κ3) is 4.97. The van der Waals surface area contributed by atoms with Gasteiger partial charge in [0.05, 0.1) is 0 Å². The first-order chi connectivity index (χ1) is 14.7. The number of ether oxygens (including phenoxy) is 3. The number of esters is 2. The van der Waals surface area contributed by atoms with Gasteiger partial charge in [0.15, 0.2) is 0 Å². The van der Waals surface area contributed by atoms with Crippen molar-refractivity contribution < 1.29 is 28.6 Å². The summed E-state index contributed by atoms with van der Waals surface area (Å²) in [5.74, 6) is -1.86. The second kappa shape index (κ2) is 9.09. The zero-order valence-electron chi connectivity index (χ0n) is 17.3. The lowest BCUT2D eigenvalue weighted by Crippen LogP contribution is -2.44. The van der Waals surface area contributed by atoms with Crippen molar-refractivity contribution in [1.29, 1.82) is 0 Å². The summed E-state index contributed by atoms with van der Waals surface area (Å²) in [5.41, 5.74) is -0.681. The van der Waals surface area contributed by atoms with Crippen molar-refractivity contribution in [3.8, 4) is 0 Å². The molecule has 2 aromatic rings. The Bertz CT molecular complexity index is 1130. The van der Waals surface area contributed by atoms with E-state index in [0.29, 0.717) is 4.57 Å². The SMILES string of the molecule is CC(=O)OC[C@H]1O[C@@H](n2ccc(=O)n(C(=O)c3cccc(C)c3)c2=O)C[C@@H]1OC(C)=O. The average Bonchev–Trinajstić information content (AvgIpc) is 3.08. The number of hydrogen-bond acceptors (Lipinski definition) is 8. The highest BCUT2D eigenvalue weighted by Crippen LogP contribution is 2.30. The minimum absolute atomic E-state index is 0.0717. The smallest absolute Gasteiger partial charge is 0.340 e. The van der Waals surface area contributed by atoms with E-state index in [4.69, 9.17) is 14.2 Å². The quantitative estimate of drug-likeness (QED) is 0.638. The minimum atomic E-state index is -0.936. The molecule has 3 atom stereocenters. The molecular weight excluding hydrogens is 408 g/mol. The maximum absolute atomic E-state index is 13.0. The van der Waals surface area contributed by atoms with Crippen LogP contribution in [0.4, 0.5) is 0 Å². The van der Waals surface area contributed by atoms with Crippen molar-refractivity contribution in [2.75, 3.05) is 6.61 Å². The summed E-state index contributed by atoms with van der Waals surface area (Å²) in [6.45, 7) is 4.06. The third-order valence-corrected chi connectivity index (χ3v) is 4.74. The second-order valence-electron chi connectivity index (χ2n) is 7.17. The van der Waals surface area contributed by atoms with Crippen molar-refractivity contribution in [1.82, 2.24) is 9.13 Å². The highest BCUT2D eigenvalue weighted by molar-refractivity contribution is 5.95. The van der Waals surface area contributed by atoms with Gasteiger partial charge in [-0.25, -0.2) is 4.79 Å². The first kappa shape index (κ1) is 22.2. The molecule has 0 bridgehead atoms. The van der Waals surface area contributed by atoms with Crippen LogP contribution in [0.15, 0.2) is 46.1 Å². The fourth-order valence-electron chi connectivity index (χ4n) is 3.36. The van der Waals surface area contributed by atoms with Crippen LogP contribution >= 0.6 is 0 Å². The van der Waals surface area contributed by atoms with E-state index in [1.54, 1.807) is 25.1 Å². The topological polar surface area (TPSA) is 123 Å². The van der Waals surface area contributed by atoms with Crippen LogP contribution in [0.5, 0.6) is 0 Å². The molecule has 1 saturated heterocycles. The van der Waals surface area contributed by atoms with E-state index in [0.717, 1.165) is 16.2 Å². The average molecular weight is 430 g/mol. The molecule has 164 valence electrons. The molecule has 1 aliphatic rings. The number of carbonyl (C=O) groups is 3. The zero-order chi connectivity index (χ0) is 22.7. The molecule has 0 saturated carbocycles. The first-order valence-corrected chi connectivity index (χ1v) is 9.59. The second-order valence-corrected chi connectivity index (χ2v) is 7.17. The molecule has 0 unspecified atom stereocenters. The fourth-order valence-corrected chi connectivity index (χ4v) is 3.36. The van der Waals surface area contributed by atoms with Gasteiger partial charge in [-0.1, -0.05) is 17.7 Å². The van der Waals surface area contributed by atoms with Gasteiger partial charge < -0.3 is 14.2 Å². The van der Waals surface area contributed by atoms with Crippen molar-refractivity contribution in [3.63, 3.8) is 0 Å². The summed E-state index contributed by atoms with van der Waals surface area (Å²) >= 11 is 0. The Labute approximate surface area is 177 Å². The zero-order valence-corrected chi connectivity index (χ0v) is 17.3. The minimum Gasteiger partial charge on any atom is -0.463 e. The summed E-state index contributed by atoms with van der Waals surface area (Å²) in [5, 5.41) is 0. The molecule has 3 rings (SSSR count). The van der Waals surface area contributed by atoms with Gasteiger partial charge in [-0.05, 0) is 19.1 Å². The molecule has 10 nitrogen and oxygen atoms in total. The third-order valence-electron chi connectivity index (χ3n) is 4.74. The van der Waals surface area contributed by atoms with E-state index < -0.39 is 47.5 Å². The molecule has 1 aromatic heterocycles. The lowest BCUT2D eigenvalue weighted by atomic mass is 10.1. The number of rotatable bonds is 5. The van der Waals surface area contributed by atoms with Gasteiger partial charge in [0.2, 0.25) is 0 Å². The van der Waals surface area contributed by atoms with Crippen molar-refractivity contribution in [2.45, 2.75) is 45.6 Å². The van der Waals surface area contributed by atoms with E-state index in [2.05, 4.69) is 0 Å². The van der Waals surface area contributed by atoms with Crippen LogP contribution in [-0.4, -0.2) is 45.8 Å². The highest BCUT2D eigenvalue weighted by Gasteiger charge is 2.40. The molecule has 31 heavy (non-hydrogen) atoms. The predicted octanol–water partition coefficient (Wildman–Crippen LogP) is 0.789. The largest absolute Gasteiger partial charge is 0.463 e. The molecule has 0 radical (unpaired) electrons. The molecule has 1 aromatic carbocycles. The van der Waals surface area contributed by atoms with Crippen molar-refractivity contribution in [3.05, 3.63) is 68.5 Å². The lowest BCUT2D eigenvalue weighted by Gasteiger charge is -2.18. The monoisotopic (exact) mass is 430 g/mol. The van der Waals surface area contributed by atoms with Crippen LogP contribution in [0, 0.1) is 6.92 Å². The summed E-state index contributed by atoms with van der Waals surface area (Å²) in [6, 6.07) is 7.60. The molecule has 1 fully saturated rings.